The lowest BCUT2D eigenvalue weighted by Crippen LogP contribution is -2.32. The van der Waals surface area contributed by atoms with Gasteiger partial charge in [-0.25, -0.2) is 4.99 Å². The molecule has 0 saturated carbocycles. The smallest absolute Gasteiger partial charge is 0.269 e. The van der Waals surface area contributed by atoms with Gasteiger partial charge in [-0.2, -0.15) is 0 Å². The van der Waals surface area contributed by atoms with E-state index < -0.39 is 0 Å². The van der Waals surface area contributed by atoms with Gasteiger partial charge >= 0.3 is 0 Å². The summed E-state index contributed by atoms with van der Waals surface area (Å²) in [7, 11) is 0. The summed E-state index contributed by atoms with van der Waals surface area (Å²) in [6.07, 6.45) is 0.747. The molecule has 0 aliphatic carbocycles. The van der Waals surface area contributed by atoms with Crippen LogP contribution in [0.25, 0.3) is 21.8 Å². The standard InChI is InChI=1S/C32H25ClN4OS2/c1-2-36-27-18-21(33)12-15-28(27)39-31(36)29-30(38)37(17-16-20-8-4-3-5-9-20)32(40-29)34-22-13-14-26-24(19-22)23-10-6-7-11-25(23)35-26/h3-15,18-19,35H,2,16-17H2,1H3. The Morgan fingerprint density at radius 1 is 0.850 bits per heavy atom. The summed E-state index contributed by atoms with van der Waals surface area (Å²) >= 11 is 9.42. The molecular weight excluding hydrogens is 556 g/mol. The number of amidine groups is 1. The fourth-order valence-corrected chi connectivity index (χ4v) is 7.82. The first-order valence-corrected chi connectivity index (χ1v) is 15.2. The minimum atomic E-state index is -0.00675. The number of anilines is 1. The average molecular weight is 581 g/mol. The number of rotatable bonds is 5. The number of para-hydroxylation sites is 1. The molecule has 2 aliphatic heterocycles. The summed E-state index contributed by atoms with van der Waals surface area (Å²) in [6, 6.07) is 30.6. The van der Waals surface area contributed by atoms with E-state index in [0.717, 1.165) is 56.1 Å². The molecular formula is C32H25ClN4OS2. The van der Waals surface area contributed by atoms with Crippen LogP contribution in [0.1, 0.15) is 12.5 Å². The predicted octanol–water partition coefficient (Wildman–Crippen LogP) is 8.58. The summed E-state index contributed by atoms with van der Waals surface area (Å²) in [5.74, 6) is -0.00675. The van der Waals surface area contributed by atoms with Gasteiger partial charge < -0.3 is 9.88 Å². The molecule has 5 aromatic rings. The molecule has 0 unspecified atom stereocenters. The first kappa shape index (κ1) is 25.3. The third kappa shape index (κ3) is 4.48. The number of H-pyrrole nitrogens is 1. The van der Waals surface area contributed by atoms with Gasteiger partial charge in [-0.1, -0.05) is 71.9 Å². The highest BCUT2D eigenvalue weighted by Crippen LogP contribution is 2.51. The number of aromatic amines is 1. The third-order valence-corrected chi connectivity index (χ3v) is 9.83. The Morgan fingerprint density at radius 2 is 1.65 bits per heavy atom. The van der Waals surface area contributed by atoms with Crippen LogP contribution in [-0.4, -0.2) is 34.0 Å². The molecule has 0 radical (unpaired) electrons. The number of hydrogen-bond acceptors (Lipinski definition) is 5. The van der Waals surface area contributed by atoms with Crippen LogP contribution < -0.4 is 4.90 Å². The Labute approximate surface area is 245 Å². The van der Waals surface area contributed by atoms with Crippen molar-refractivity contribution in [1.29, 1.82) is 0 Å². The number of benzene rings is 4. The number of aliphatic imine (C=N–C) groups is 1. The lowest BCUT2D eigenvalue weighted by atomic mass is 10.1. The van der Waals surface area contributed by atoms with Crippen molar-refractivity contribution < 1.29 is 4.79 Å². The van der Waals surface area contributed by atoms with Gasteiger partial charge in [0.2, 0.25) is 0 Å². The largest absolute Gasteiger partial charge is 0.355 e. The Bertz CT molecular complexity index is 1850. The number of nitrogens with zero attached hydrogens (tertiary/aromatic N) is 3. The number of nitrogens with one attached hydrogen (secondary N) is 1. The molecule has 1 amide bonds. The maximum atomic E-state index is 14.0. The molecule has 40 heavy (non-hydrogen) atoms. The number of carbonyl (C=O) groups excluding carboxylic acids is 1. The van der Waals surface area contributed by atoms with Crippen molar-refractivity contribution in [2.45, 2.75) is 18.2 Å². The highest BCUT2D eigenvalue weighted by atomic mass is 35.5. The van der Waals surface area contributed by atoms with Crippen molar-refractivity contribution in [1.82, 2.24) is 9.88 Å². The number of carbonyl (C=O) groups is 1. The van der Waals surface area contributed by atoms with Crippen LogP contribution in [0.2, 0.25) is 5.02 Å². The number of hydrogen-bond donors (Lipinski definition) is 1. The summed E-state index contributed by atoms with van der Waals surface area (Å²) in [5, 5.41) is 4.62. The van der Waals surface area contributed by atoms with Gasteiger partial charge in [0.1, 0.15) is 9.93 Å². The lowest BCUT2D eigenvalue weighted by molar-refractivity contribution is -0.122. The number of amides is 1. The van der Waals surface area contributed by atoms with Gasteiger partial charge in [-0.3, -0.25) is 9.69 Å². The molecule has 0 spiro atoms. The Morgan fingerprint density at radius 3 is 2.50 bits per heavy atom. The van der Waals surface area contributed by atoms with Crippen molar-refractivity contribution in [3.8, 4) is 0 Å². The SMILES string of the molecule is CCN1C(=C2SC(=Nc3ccc4[nH]c5ccccc5c4c3)N(CCc3ccccc3)C2=O)Sc2ccc(Cl)cc21. The van der Waals surface area contributed by atoms with E-state index >= 15 is 0 Å². The van der Waals surface area contributed by atoms with Crippen molar-refractivity contribution in [3.63, 3.8) is 0 Å². The van der Waals surface area contributed by atoms with E-state index in [1.807, 2.05) is 59.5 Å². The molecule has 4 aromatic carbocycles. The first-order valence-electron chi connectivity index (χ1n) is 13.2. The van der Waals surface area contributed by atoms with Crippen LogP contribution in [0.15, 0.2) is 111 Å². The topological polar surface area (TPSA) is 51.7 Å². The summed E-state index contributed by atoms with van der Waals surface area (Å²) < 4.78 is 0. The van der Waals surface area contributed by atoms with Crippen molar-refractivity contribution in [2.75, 3.05) is 18.0 Å². The second kappa shape index (κ2) is 10.4. The van der Waals surface area contributed by atoms with Gasteiger partial charge in [-0.05, 0) is 73.1 Å². The maximum Gasteiger partial charge on any atom is 0.269 e. The summed E-state index contributed by atoms with van der Waals surface area (Å²) in [4.78, 5) is 28.4. The molecule has 0 bridgehead atoms. The van der Waals surface area contributed by atoms with Crippen molar-refractivity contribution >= 4 is 79.4 Å². The number of halogens is 1. The van der Waals surface area contributed by atoms with Crippen molar-refractivity contribution in [2.24, 2.45) is 4.99 Å². The maximum absolute atomic E-state index is 14.0. The highest BCUT2D eigenvalue weighted by molar-refractivity contribution is 8.19. The van der Waals surface area contributed by atoms with Gasteiger partial charge in [0.25, 0.3) is 5.91 Å². The Kier molecular flexibility index (Phi) is 6.58. The molecule has 7 rings (SSSR count). The minimum absolute atomic E-state index is 0.00675. The first-order chi connectivity index (χ1) is 19.6. The van der Waals surface area contributed by atoms with Crippen LogP contribution in [0, 0.1) is 0 Å². The molecule has 1 fully saturated rings. The molecule has 3 heterocycles. The van der Waals surface area contributed by atoms with E-state index in [-0.39, 0.29) is 5.91 Å². The second-order valence-corrected chi connectivity index (χ2v) is 12.1. The van der Waals surface area contributed by atoms with Gasteiger partial charge in [-0.15, -0.1) is 0 Å². The monoisotopic (exact) mass is 580 g/mol. The Balaban J connectivity index is 1.30. The normalized spacial score (nSPS) is 18.1. The minimum Gasteiger partial charge on any atom is -0.355 e. The second-order valence-electron chi connectivity index (χ2n) is 9.68. The molecule has 1 saturated heterocycles. The van der Waals surface area contributed by atoms with E-state index in [0.29, 0.717) is 21.6 Å². The number of fused-ring (bicyclic) bond motifs is 4. The van der Waals surface area contributed by atoms with E-state index in [1.165, 1.54) is 17.3 Å². The molecule has 198 valence electrons. The van der Waals surface area contributed by atoms with Crippen molar-refractivity contribution in [3.05, 3.63) is 112 Å². The summed E-state index contributed by atoms with van der Waals surface area (Å²) in [5.41, 5.74) is 5.23. The van der Waals surface area contributed by atoms with E-state index in [9.17, 15) is 4.79 Å². The molecule has 0 atom stereocenters. The fraction of sp³-hybridized carbons (Fsp3) is 0.125. The van der Waals surface area contributed by atoms with E-state index in [4.69, 9.17) is 16.6 Å². The zero-order valence-electron chi connectivity index (χ0n) is 21.7. The molecule has 2 aliphatic rings. The van der Waals surface area contributed by atoms with E-state index in [1.54, 1.807) is 11.8 Å². The van der Waals surface area contributed by atoms with Crippen LogP contribution in [0.4, 0.5) is 11.4 Å². The third-order valence-electron chi connectivity index (χ3n) is 7.22. The van der Waals surface area contributed by atoms with Gasteiger partial charge in [0.05, 0.1) is 11.4 Å². The fourth-order valence-electron chi connectivity index (χ4n) is 5.26. The number of aromatic nitrogens is 1. The molecule has 5 nitrogen and oxygen atoms in total. The van der Waals surface area contributed by atoms with Crippen LogP contribution in [-0.2, 0) is 11.2 Å². The number of thioether (sulfide) groups is 2. The van der Waals surface area contributed by atoms with Gasteiger partial charge in [0.15, 0.2) is 5.17 Å². The zero-order chi connectivity index (χ0) is 27.2. The zero-order valence-corrected chi connectivity index (χ0v) is 24.1. The van der Waals surface area contributed by atoms with E-state index in [2.05, 4.69) is 53.2 Å². The van der Waals surface area contributed by atoms with Crippen LogP contribution in [0.5, 0.6) is 0 Å². The van der Waals surface area contributed by atoms with Crippen LogP contribution in [0.3, 0.4) is 0 Å². The average Bonchev–Trinajstić information content (AvgIpc) is 3.62. The predicted molar refractivity (Wildman–Crippen MR) is 170 cm³/mol. The molecule has 1 aromatic heterocycles. The summed E-state index contributed by atoms with van der Waals surface area (Å²) in [6.45, 7) is 3.39. The Hall–Kier alpha value is -3.65. The highest BCUT2D eigenvalue weighted by Gasteiger charge is 2.39. The van der Waals surface area contributed by atoms with Crippen LogP contribution >= 0.6 is 35.1 Å². The lowest BCUT2D eigenvalue weighted by Gasteiger charge is -2.19. The quantitative estimate of drug-likeness (QED) is 0.212. The van der Waals surface area contributed by atoms with Gasteiger partial charge in [0, 0.05) is 44.8 Å². The molecule has 1 N–H and O–H groups in total. The molecule has 8 heteroatoms.